The highest BCUT2D eigenvalue weighted by Crippen LogP contribution is 2.28. The second-order valence-corrected chi connectivity index (χ2v) is 15.5. The molecule has 1 aromatic heterocycles. The topological polar surface area (TPSA) is 158 Å². The van der Waals surface area contributed by atoms with Crippen molar-refractivity contribution in [1.29, 1.82) is 0 Å². The lowest BCUT2D eigenvalue weighted by Gasteiger charge is -2.42. The molecule has 0 radical (unpaired) electrons. The summed E-state index contributed by atoms with van der Waals surface area (Å²) in [7, 11) is 0. The Labute approximate surface area is 321 Å². The minimum absolute atomic E-state index is 0.0202. The first-order chi connectivity index (χ1) is 26.7. The number of aromatic nitrogens is 1. The molecule has 0 unspecified atom stereocenters. The Morgan fingerprint density at radius 2 is 1.60 bits per heavy atom. The molecule has 55 heavy (non-hydrogen) atoms. The summed E-state index contributed by atoms with van der Waals surface area (Å²) in [6.07, 6.45) is 5.48. The maximum atomic E-state index is 14.2. The molecule has 0 spiro atoms. The van der Waals surface area contributed by atoms with Gasteiger partial charge in [-0.2, -0.15) is 0 Å². The Bertz CT molecular complexity index is 1900. The number of hydrogen-bond donors (Lipinski definition) is 2. The van der Waals surface area contributed by atoms with Gasteiger partial charge in [0.15, 0.2) is 11.7 Å². The summed E-state index contributed by atoms with van der Waals surface area (Å²) in [6.45, 7) is 8.56. The quantitative estimate of drug-likeness (QED) is 0.213. The van der Waals surface area contributed by atoms with Gasteiger partial charge in [0.05, 0.1) is 18.0 Å². The van der Waals surface area contributed by atoms with E-state index in [9.17, 15) is 24.0 Å². The highest BCUT2D eigenvalue weighted by molar-refractivity contribution is 5.91. The van der Waals surface area contributed by atoms with Gasteiger partial charge in [0, 0.05) is 56.9 Å². The van der Waals surface area contributed by atoms with Crippen molar-refractivity contribution >= 4 is 40.8 Å². The Balaban J connectivity index is 0.967. The number of rotatable bonds is 10. The Hall–Kier alpha value is -4.85. The second kappa shape index (κ2) is 17.3. The zero-order valence-electron chi connectivity index (χ0n) is 32.1. The number of likely N-dealkylation sites (tertiary alicyclic amines) is 3. The number of nitrogens with one attached hydrogen (secondary N) is 2. The molecule has 5 heterocycles. The number of carbonyl (C=O) groups is 4. The molecule has 7 rings (SSSR count). The lowest BCUT2D eigenvalue weighted by molar-refractivity contribution is -0.151. The number of esters is 1. The van der Waals surface area contributed by atoms with Crippen LogP contribution in [0.25, 0.3) is 11.1 Å². The average molecular weight is 759 g/mol. The fourth-order valence-corrected chi connectivity index (χ4v) is 8.69. The summed E-state index contributed by atoms with van der Waals surface area (Å²) in [5.41, 5.74) is 4.44. The van der Waals surface area contributed by atoms with E-state index in [0.717, 1.165) is 80.4 Å². The average Bonchev–Trinajstić information content (AvgIpc) is 3.50. The monoisotopic (exact) mass is 758 g/mol. The van der Waals surface area contributed by atoms with Crippen molar-refractivity contribution in [2.24, 2.45) is 5.92 Å². The zero-order chi connectivity index (χ0) is 38.5. The Morgan fingerprint density at radius 1 is 0.891 bits per heavy atom. The molecule has 2 N–H and O–H groups in total. The van der Waals surface area contributed by atoms with Crippen molar-refractivity contribution in [3.05, 3.63) is 63.6 Å². The number of urea groups is 1. The molecule has 3 aromatic rings. The molecule has 0 aliphatic carbocycles. The van der Waals surface area contributed by atoms with Gasteiger partial charge >= 0.3 is 23.8 Å². The van der Waals surface area contributed by atoms with Crippen LogP contribution in [-0.4, -0.2) is 119 Å². The van der Waals surface area contributed by atoms with E-state index in [1.165, 1.54) is 0 Å². The molecule has 14 heteroatoms. The third kappa shape index (κ3) is 9.01. The van der Waals surface area contributed by atoms with E-state index < -0.39 is 18.0 Å². The van der Waals surface area contributed by atoms with Crippen LogP contribution in [0.15, 0.2) is 45.6 Å². The van der Waals surface area contributed by atoms with Crippen molar-refractivity contribution in [3.63, 3.8) is 0 Å². The third-order valence-corrected chi connectivity index (χ3v) is 11.9. The lowest BCUT2D eigenvalue weighted by atomic mass is 9.93. The molecule has 0 saturated carbocycles. The summed E-state index contributed by atoms with van der Waals surface area (Å²) < 4.78 is 16.9. The summed E-state index contributed by atoms with van der Waals surface area (Å²) in [5, 5.41) is 3.04. The highest BCUT2D eigenvalue weighted by Gasteiger charge is 2.37. The predicted molar refractivity (Wildman–Crippen MR) is 206 cm³/mol. The largest absolute Gasteiger partial charge is 0.465 e. The number of para-hydroxylation sites is 1. The minimum atomic E-state index is -1.08. The number of ether oxygens (including phenoxy) is 2. The number of aromatic amines is 1. The van der Waals surface area contributed by atoms with Crippen LogP contribution in [0.1, 0.15) is 75.0 Å². The van der Waals surface area contributed by atoms with Crippen LogP contribution in [0.5, 0.6) is 0 Å². The molecule has 296 valence electrons. The van der Waals surface area contributed by atoms with Crippen LogP contribution in [0.4, 0.5) is 15.3 Å². The van der Waals surface area contributed by atoms with Crippen molar-refractivity contribution in [3.8, 4) is 0 Å². The molecule has 4 aliphatic rings. The summed E-state index contributed by atoms with van der Waals surface area (Å²) in [4.78, 5) is 76.1. The number of hydrogen-bond acceptors (Lipinski definition) is 9. The van der Waals surface area contributed by atoms with Gasteiger partial charge in [0.2, 0.25) is 0 Å². The molecule has 1 atom stereocenters. The number of nitrogens with zero attached hydrogens (tertiary/aromatic N) is 4. The molecule has 2 aromatic carbocycles. The van der Waals surface area contributed by atoms with Gasteiger partial charge in [-0.15, -0.1) is 0 Å². The standard InChI is InChI=1S/C41H54N6O8/c1-3-4-23-53-38(49)30-9-16-44(17-10-30)31-12-18-45(19-13-31)37(48)35(26-28-24-27(2)36-34(25-28)54-40(51)43-36)55-41(52)46-20-14-32(15-21-46)47-22-11-29-7-5-6-8-33(29)42-39(47)50/h5-8,24-25,30-32,35H,3-4,9-23,26H2,1-2H3,(H,42,50)(H,43,51)/t35-/m1/s1. The van der Waals surface area contributed by atoms with E-state index in [2.05, 4.69) is 22.1 Å². The van der Waals surface area contributed by atoms with Crippen molar-refractivity contribution < 1.29 is 33.1 Å². The first kappa shape index (κ1) is 38.4. The van der Waals surface area contributed by atoms with Gasteiger partial charge in [0.25, 0.3) is 5.91 Å². The maximum absolute atomic E-state index is 14.2. The van der Waals surface area contributed by atoms with Crippen LogP contribution in [0, 0.1) is 12.8 Å². The Morgan fingerprint density at radius 3 is 2.35 bits per heavy atom. The van der Waals surface area contributed by atoms with Gasteiger partial charge < -0.3 is 38.8 Å². The van der Waals surface area contributed by atoms with E-state index in [1.54, 1.807) is 15.9 Å². The first-order valence-corrected chi connectivity index (χ1v) is 20.1. The van der Waals surface area contributed by atoms with E-state index in [4.69, 9.17) is 13.9 Å². The predicted octanol–water partition coefficient (Wildman–Crippen LogP) is 5.08. The van der Waals surface area contributed by atoms with E-state index in [0.29, 0.717) is 69.3 Å². The number of anilines is 1. The van der Waals surface area contributed by atoms with Gasteiger partial charge in [0.1, 0.15) is 0 Å². The lowest BCUT2D eigenvalue weighted by Crippen LogP contribution is -2.53. The van der Waals surface area contributed by atoms with Crippen molar-refractivity contribution in [1.82, 2.24) is 24.6 Å². The van der Waals surface area contributed by atoms with Crippen LogP contribution >= 0.6 is 0 Å². The number of H-pyrrole nitrogens is 1. The fraction of sp³-hybridized carbons (Fsp3) is 0.585. The van der Waals surface area contributed by atoms with Crippen LogP contribution in [0.3, 0.4) is 0 Å². The number of carbonyl (C=O) groups excluding carboxylic acids is 4. The number of benzene rings is 2. The molecule has 4 aliphatic heterocycles. The van der Waals surface area contributed by atoms with Crippen LogP contribution < -0.4 is 11.1 Å². The maximum Gasteiger partial charge on any atom is 0.417 e. The van der Waals surface area contributed by atoms with E-state index in [1.807, 2.05) is 42.2 Å². The van der Waals surface area contributed by atoms with E-state index in [-0.39, 0.29) is 36.3 Å². The molecule has 3 fully saturated rings. The van der Waals surface area contributed by atoms with Gasteiger partial charge in [-0.3, -0.25) is 14.6 Å². The molecular weight excluding hydrogens is 704 g/mol. The summed E-state index contributed by atoms with van der Waals surface area (Å²) in [6, 6.07) is 11.6. The van der Waals surface area contributed by atoms with Gasteiger partial charge in [-0.25, -0.2) is 14.4 Å². The number of amides is 4. The smallest absolute Gasteiger partial charge is 0.417 e. The van der Waals surface area contributed by atoms with Crippen molar-refractivity contribution in [2.75, 3.05) is 57.7 Å². The second-order valence-electron chi connectivity index (χ2n) is 15.5. The van der Waals surface area contributed by atoms with Crippen molar-refractivity contribution in [2.45, 2.75) is 96.2 Å². The highest BCUT2D eigenvalue weighted by atomic mass is 16.6. The third-order valence-electron chi connectivity index (χ3n) is 11.9. The first-order valence-electron chi connectivity index (χ1n) is 20.1. The summed E-state index contributed by atoms with van der Waals surface area (Å²) in [5.74, 6) is -0.935. The molecule has 4 amide bonds. The number of unbranched alkanes of at least 4 members (excludes halogenated alkanes) is 1. The van der Waals surface area contributed by atoms with E-state index >= 15 is 0 Å². The SMILES string of the molecule is CCCCOC(=O)C1CCN(C2CCN(C(=O)[C@@H](Cc3cc(C)c4[nH]c(=O)oc4c3)OC(=O)N3CCC(N4CCc5ccccc5NC4=O)CC3)CC2)CC1. The normalized spacial score (nSPS) is 19.8. The number of piperidine rings is 3. The molecule has 14 nitrogen and oxygen atoms in total. The number of fused-ring (bicyclic) bond motifs is 2. The molecule has 3 saturated heterocycles. The number of aryl methyl sites for hydroxylation is 1. The van der Waals surface area contributed by atoms with Gasteiger partial charge in [-0.05, 0) is 100 Å². The van der Waals surface area contributed by atoms with Gasteiger partial charge in [-0.1, -0.05) is 37.6 Å². The minimum Gasteiger partial charge on any atom is -0.465 e. The summed E-state index contributed by atoms with van der Waals surface area (Å²) >= 11 is 0. The van der Waals surface area contributed by atoms with Crippen LogP contribution in [-0.2, 0) is 31.9 Å². The zero-order valence-corrected chi connectivity index (χ0v) is 32.1. The molecular formula is C41H54N6O8. The Kier molecular flexibility index (Phi) is 12.1. The number of oxazole rings is 1. The fourth-order valence-electron chi connectivity index (χ4n) is 8.69. The molecule has 0 bridgehead atoms. The van der Waals surface area contributed by atoms with Crippen LogP contribution in [0.2, 0.25) is 0 Å².